The maximum Gasteiger partial charge on any atom is 0.0931 e. The number of aliphatic hydroxyl groups is 1. The molecule has 1 aliphatic rings. The number of aliphatic hydroxyl groups excluding tert-OH is 1. The van der Waals surface area contributed by atoms with E-state index in [9.17, 15) is 5.11 Å². The Hall–Kier alpha value is -0.590. The molecule has 0 aromatic rings. The standard InChI is InChI=1S/C7H11NO2/c8-4-3-6(9)7-2-1-5-10-7/h6-7,9H,1-3,5H2. The lowest BCUT2D eigenvalue weighted by Crippen LogP contribution is -2.24. The van der Waals surface area contributed by atoms with Crippen molar-refractivity contribution in [3.8, 4) is 6.07 Å². The summed E-state index contributed by atoms with van der Waals surface area (Å²) in [6.45, 7) is 0.729. The average molecular weight is 141 g/mol. The molecule has 56 valence electrons. The molecule has 1 aliphatic heterocycles. The molecule has 1 rings (SSSR count). The molecule has 1 saturated heterocycles. The van der Waals surface area contributed by atoms with E-state index in [-0.39, 0.29) is 12.5 Å². The second-order valence-corrected chi connectivity index (χ2v) is 2.48. The van der Waals surface area contributed by atoms with Crippen molar-refractivity contribution in [3.05, 3.63) is 0 Å². The van der Waals surface area contributed by atoms with Crippen LogP contribution in [0.5, 0.6) is 0 Å². The van der Waals surface area contributed by atoms with E-state index in [4.69, 9.17) is 10.00 Å². The summed E-state index contributed by atoms with van der Waals surface area (Å²) in [4.78, 5) is 0. The van der Waals surface area contributed by atoms with Crippen molar-refractivity contribution < 1.29 is 9.84 Å². The minimum absolute atomic E-state index is 0.0837. The molecule has 0 aliphatic carbocycles. The van der Waals surface area contributed by atoms with E-state index in [0.29, 0.717) is 0 Å². The number of hydrogen-bond acceptors (Lipinski definition) is 3. The molecule has 0 amide bonds. The minimum atomic E-state index is -0.576. The summed E-state index contributed by atoms with van der Waals surface area (Å²) in [5.41, 5.74) is 0. The van der Waals surface area contributed by atoms with Crippen LogP contribution in [0.25, 0.3) is 0 Å². The molecular weight excluding hydrogens is 130 g/mol. The third-order valence-electron chi connectivity index (χ3n) is 1.69. The quantitative estimate of drug-likeness (QED) is 0.607. The predicted molar refractivity (Wildman–Crippen MR) is 35.2 cm³/mol. The van der Waals surface area contributed by atoms with Gasteiger partial charge in [-0.2, -0.15) is 5.26 Å². The van der Waals surface area contributed by atoms with Gasteiger partial charge in [-0.1, -0.05) is 0 Å². The Morgan fingerprint density at radius 3 is 3.10 bits per heavy atom. The molecule has 0 saturated carbocycles. The molecule has 2 unspecified atom stereocenters. The van der Waals surface area contributed by atoms with E-state index in [1.807, 2.05) is 6.07 Å². The zero-order valence-electron chi connectivity index (χ0n) is 5.79. The van der Waals surface area contributed by atoms with Gasteiger partial charge in [0.2, 0.25) is 0 Å². The summed E-state index contributed by atoms with van der Waals surface area (Å²) in [7, 11) is 0. The normalized spacial score (nSPS) is 27.8. The van der Waals surface area contributed by atoms with E-state index < -0.39 is 6.10 Å². The fraction of sp³-hybridized carbons (Fsp3) is 0.857. The number of rotatable bonds is 2. The van der Waals surface area contributed by atoms with Crippen LogP contribution in [0.3, 0.4) is 0 Å². The molecule has 3 nitrogen and oxygen atoms in total. The van der Waals surface area contributed by atoms with Crippen LogP contribution in [0.4, 0.5) is 0 Å². The molecular formula is C7H11NO2. The molecule has 0 aromatic carbocycles. The first-order valence-electron chi connectivity index (χ1n) is 3.51. The lowest BCUT2D eigenvalue weighted by atomic mass is 10.1. The highest BCUT2D eigenvalue weighted by molar-refractivity contribution is 4.82. The largest absolute Gasteiger partial charge is 0.389 e. The summed E-state index contributed by atoms with van der Waals surface area (Å²) in [6, 6.07) is 1.91. The van der Waals surface area contributed by atoms with E-state index >= 15 is 0 Å². The van der Waals surface area contributed by atoms with E-state index in [1.165, 1.54) is 0 Å². The fourth-order valence-corrected chi connectivity index (χ4v) is 1.13. The van der Waals surface area contributed by atoms with Crippen LogP contribution in [0.2, 0.25) is 0 Å². The van der Waals surface area contributed by atoms with Gasteiger partial charge in [0.05, 0.1) is 24.7 Å². The van der Waals surface area contributed by atoms with Crippen molar-refractivity contribution in [1.29, 1.82) is 5.26 Å². The van der Waals surface area contributed by atoms with E-state index in [1.54, 1.807) is 0 Å². The zero-order chi connectivity index (χ0) is 7.40. The highest BCUT2D eigenvalue weighted by atomic mass is 16.5. The topological polar surface area (TPSA) is 53.2 Å². The van der Waals surface area contributed by atoms with Gasteiger partial charge in [-0.25, -0.2) is 0 Å². The van der Waals surface area contributed by atoms with Crippen LogP contribution < -0.4 is 0 Å². The summed E-state index contributed by atoms with van der Waals surface area (Å²) < 4.78 is 5.17. The zero-order valence-corrected chi connectivity index (χ0v) is 5.79. The van der Waals surface area contributed by atoms with Crippen molar-refractivity contribution in [2.45, 2.75) is 31.5 Å². The van der Waals surface area contributed by atoms with Gasteiger partial charge in [0.1, 0.15) is 0 Å². The Kier molecular flexibility index (Phi) is 2.67. The van der Waals surface area contributed by atoms with Gasteiger partial charge in [0.15, 0.2) is 0 Å². The minimum Gasteiger partial charge on any atom is -0.389 e. The Morgan fingerprint density at radius 1 is 1.80 bits per heavy atom. The second-order valence-electron chi connectivity index (χ2n) is 2.48. The predicted octanol–water partition coefficient (Wildman–Crippen LogP) is 0.440. The lowest BCUT2D eigenvalue weighted by molar-refractivity contribution is 0.00138. The Morgan fingerprint density at radius 2 is 2.60 bits per heavy atom. The third-order valence-corrected chi connectivity index (χ3v) is 1.69. The molecule has 1 fully saturated rings. The van der Waals surface area contributed by atoms with Gasteiger partial charge in [-0.15, -0.1) is 0 Å². The van der Waals surface area contributed by atoms with Crippen LogP contribution in [0.15, 0.2) is 0 Å². The van der Waals surface area contributed by atoms with Crippen molar-refractivity contribution in [2.24, 2.45) is 0 Å². The number of hydrogen-bond donors (Lipinski definition) is 1. The SMILES string of the molecule is N#CCC(O)C1CCCO1. The second kappa shape index (κ2) is 3.55. The highest BCUT2D eigenvalue weighted by Crippen LogP contribution is 2.16. The Balaban J connectivity index is 2.26. The Bertz CT molecular complexity index is 135. The van der Waals surface area contributed by atoms with Gasteiger partial charge in [0.25, 0.3) is 0 Å². The first-order chi connectivity index (χ1) is 4.84. The first-order valence-corrected chi connectivity index (χ1v) is 3.51. The van der Waals surface area contributed by atoms with Crippen molar-refractivity contribution in [2.75, 3.05) is 6.61 Å². The fourth-order valence-electron chi connectivity index (χ4n) is 1.13. The lowest BCUT2D eigenvalue weighted by Gasteiger charge is -2.13. The van der Waals surface area contributed by atoms with Crippen LogP contribution >= 0.6 is 0 Å². The Labute approximate surface area is 60.2 Å². The van der Waals surface area contributed by atoms with Crippen LogP contribution in [0, 0.1) is 11.3 Å². The van der Waals surface area contributed by atoms with Crippen molar-refractivity contribution >= 4 is 0 Å². The van der Waals surface area contributed by atoms with Crippen LogP contribution in [0.1, 0.15) is 19.3 Å². The molecule has 0 radical (unpaired) electrons. The molecule has 0 spiro atoms. The van der Waals surface area contributed by atoms with Crippen molar-refractivity contribution in [3.63, 3.8) is 0 Å². The van der Waals surface area contributed by atoms with E-state index in [0.717, 1.165) is 19.4 Å². The summed E-state index contributed by atoms with van der Waals surface area (Å²) >= 11 is 0. The number of nitrogens with zero attached hydrogens (tertiary/aromatic N) is 1. The van der Waals surface area contributed by atoms with Gasteiger partial charge in [-0.3, -0.25) is 0 Å². The van der Waals surface area contributed by atoms with Crippen molar-refractivity contribution in [1.82, 2.24) is 0 Å². The summed E-state index contributed by atoms with van der Waals surface area (Å²) in [5.74, 6) is 0. The smallest absolute Gasteiger partial charge is 0.0931 e. The average Bonchev–Trinajstić information content (AvgIpc) is 2.38. The van der Waals surface area contributed by atoms with Crippen LogP contribution in [-0.2, 0) is 4.74 Å². The summed E-state index contributed by atoms with van der Waals surface area (Å²) in [6.07, 6.45) is 1.42. The van der Waals surface area contributed by atoms with Gasteiger partial charge in [0, 0.05) is 6.61 Å². The third kappa shape index (κ3) is 1.69. The molecule has 0 bridgehead atoms. The number of nitriles is 1. The maximum atomic E-state index is 9.20. The molecule has 0 aromatic heterocycles. The molecule has 10 heavy (non-hydrogen) atoms. The van der Waals surface area contributed by atoms with E-state index in [2.05, 4.69) is 0 Å². The molecule has 3 heteroatoms. The monoisotopic (exact) mass is 141 g/mol. The van der Waals surface area contributed by atoms with Gasteiger partial charge in [-0.05, 0) is 12.8 Å². The van der Waals surface area contributed by atoms with Gasteiger partial charge < -0.3 is 9.84 Å². The first kappa shape index (κ1) is 7.52. The highest BCUT2D eigenvalue weighted by Gasteiger charge is 2.23. The maximum absolute atomic E-state index is 9.20. The molecule has 2 atom stereocenters. The number of ether oxygens (including phenoxy) is 1. The molecule has 1 heterocycles. The van der Waals surface area contributed by atoms with Crippen LogP contribution in [-0.4, -0.2) is 23.9 Å². The summed E-state index contributed by atoms with van der Waals surface area (Å²) in [5, 5.41) is 17.4. The molecule has 1 N–H and O–H groups in total. The van der Waals surface area contributed by atoms with Gasteiger partial charge >= 0.3 is 0 Å².